The zero-order valence-corrected chi connectivity index (χ0v) is 11.0. The summed E-state index contributed by atoms with van der Waals surface area (Å²) in [6.07, 6.45) is 1.65. The summed E-state index contributed by atoms with van der Waals surface area (Å²) < 4.78 is 0. The van der Waals surface area contributed by atoms with Gasteiger partial charge in [-0.25, -0.2) is 0 Å². The van der Waals surface area contributed by atoms with Gasteiger partial charge in [-0.1, -0.05) is 6.08 Å². The fraction of sp³-hybridized carbons (Fsp3) is 0.308. The number of nitro benzene ring substituents is 1. The van der Waals surface area contributed by atoms with Crippen LogP contribution in [-0.4, -0.2) is 47.1 Å². The van der Waals surface area contributed by atoms with Crippen LogP contribution in [0.1, 0.15) is 0 Å². The number of non-ortho nitro benzene ring substituents is 1. The molecule has 108 valence electrons. The zero-order valence-electron chi connectivity index (χ0n) is 11.0. The molecule has 0 radical (unpaired) electrons. The maximum absolute atomic E-state index is 11.8. The molecule has 0 saturated carbocycles. The van der Waals surface area contributed by atoms with E-state index in [9.17, 15) is 14.9 Å². The maximum Gasteiger partial charge on any atom is 0.269 e. The molecule has 2 N–H and O–H groups in total. The molecule has 0 bridgehead atoms. The molecule has 1 amide bonds. The normalized spacial score (nSPS) is 10.3. The fourth-order valence-corrected chi connectivity index (χ4v) is 1.63. The van der Waals surface area contributed by atoms with Gasteiger partial charge >= 0.3 is 0 Å². The highest BCUT2D eigenvalue weighted by molar-refractivity contribution is 5.92. The van der Waals surface area contributed by atoms with E-state index >= 15 is 0 Å². The van der Waals surface area contributed by atoms with E-state index in [0.29, 0.717) is 18.8 Å². The summed E-state index contributed by atoms with van der Waals surface area (Å²) >= 11 is 0. The Balaban J connectivity index is 2.56. The summed E-state index contributed by atoms with van der Waals surface area (Å²) in [6.45, 7) is 4.52. The van der Waals surface area contributed by atoms with E-state index < -0.39 is 4.92 Å². The molecule has 7 nitrogen and oxygen atoms in total. The second-order valence-corrected chi connectivity index (χ2v) is 4.10. The van der Waals surface area contributed by atoms with E-state index in [1.807, 2.05) is 0 Å². The van der Waals surface area contributed by atoms with E-state index in [1.54, 1.807) is 11.0 Å². The van der Waals surface area contributed by atoms with Crippen molar-refractivity contribution in [2.75, 3.05) is 31.6 Å². The number of benzene rings is 1. The lowest BCUT2D eigenvalue weighted by atomic mass is 10.3. The smallest absolute Gasteiger partial charge is 0.269 e. The van der Waals surface area contributed by atoms with Crippen molar-refractivity contribution in [1.82, 2.24) is 4.90 Å². The van der Waals surface area contributed by atoms with Crippen LogP contribution in [0.4, 0.5) is 11.4 Å². The van der Waals surface area contributed by atoms with Gasteiger partial charge < -0.3 is 10.4 Å². The van der Waals surface area contributed by atoms with Gasteiger partial charge in [-0.05, 0) is 12.1 Å². The summed E-state index contributed by atoms with van der Waals surface area (Å²) in [5.74, 6) is -0.255. The van der Waals surface area contributed by atoms with Crippen LogP contribution < -0.4 is 5.32 Å². The highest BCUT2D eigenvalue weighted by atomic mass is 16.6. The van der Waals surface area contributed by atoms with Crippen LogP contribution in [0, 0.1) is 10.1 Å². The van der Waals surface area contributed by atoms with Crippen LogP contribution in [-0.2, 0) is 4.79 Å². The van der Waals surface area contributed by atoms with Crippen molar-refractivity contribution in [3.05, 3.63) is 47.0 Å². The molecule has 1 aromatic carbocycles. The number of amides is 1. The zero-order chi connectivity index (χ0) is 15.0. The number of hydrogen-bond donors (Lipinski definition) is 2. The highest BCUT2D eigenvalue weighted by Gasteiger charge is 2.10. The minimum Gasteiger partial charge on any atom is -0.395 e. The van der Waals surface area contributed by atoms with Crippen LogP contribution in [0.2, 0.25) is 0 Å². The van der Waals surface area contributed by atoms with Crippen molar-refractivity contribution in [1.29, 1.82) is 0 Å². The molecule has 0 saturated heterocycles. The number of nitro groups is 1. The number of nitrogens with zero attached hydrogens (tertiary/aromatic N) is 2. The fourth-order valence-electron chi connectivity index (χ4n) is 1.63. The van der Waals surface area contributed by atoms with Crippen molar-refractivity contribution in [2.24, 2.45) is 0 Å². The van der Waals surface area contributed by atoms with E-state index in [2.05, 4.69) is 11.9 Å². The molecule has 0 aromatic heterocycles. The molecule has 7 heteroatoms. The van der Waals surface area contributed by atoms with Crippen LogP contribution in [0.15, 0.2) is 36.9 Å². The number of hydrogen-bond acceptors (Lipinski definition) is 5. The first-order chi connectivity index (χ1) is 9.56. The molecular weight excluding hydrogens is 262 g/mol. The van der Waals surface area contributed by atoms with Gasteiger partial charge in [0.25, 0.3) is 5.69 Å². The van der Waals surface area contributed by atoms with Gasteiger partial charge in [0.1, 0.15) is 0 Å². The predicted molar refractivity (Wildman–Crippen MR) is 75.4 cm³/mol. The van der Waals surface area contributed by atoms with Crippen molar-refractivity contribution in [3.63, 3.8) is 0 Å². The largest absolute Gasteiger partial charge is 0.395 e. The average Bonchev–Trinajstić information content (AvgIpc) is 2.39. The van der Waals surface area contributed by atoms with E-state index in [0.717, 1.165) is 0 Å². The standard InChI is InChI=1S/C13H17N3O4/c1-2-7-15(8-9-17)10-13(18)14-11-3-5-12(6-4-11)16(19)20/h2-6,17H,1,7-10H2,(H,14,18). The van der Waals surface area contributed by atoms with Crippen LogP contribution in [0.25, 0.3) is 0 Å². The molecule has 0 spiro atoms. The third-order valence-corrected chi connectivity index (χ3v) is 2.53. The number of rotatable bonds is 8. The van der Waals surface area contributed by atoms with Crippen molar-refractivity contribution < 1.29 is 14.8 Å². The summed E-state index contributed by atoms with van der Waals surface area (Å²) in [6, 6.07) is 5.59. The molecule has 0 aliphatic carbocycles. The highest BCUT2D eigenvalue weighted by Crippen LogP contribution is 2.15. The summed E-state index contributed by atoms with van der Waals surface area (Å²) in [4.78, 5) is 23.5. The lowest BCUT2D eigenvalue weighted by Gasteiger charge is -2.18. The third kappa shape index (κ3) is 5.17. The number of aliphatic hydroxyl groups excluding tert-OH is 1. The van der Waals surface area contributed by atoms with Gasteiger partial charge in [-0.15, -0.1) is 6.58 Å². The minimum absolute atomic E-state index is 0.0310. The monoisotopic (exact) mass is 279 g/mol. The average molecular weight is 279 g/mol. The van der Waals surface area contributed by atoms with Crippen molar-refractivity contribution >= 4 is 17.3 Å². The van der Waals surface area contributed by atoms with Gasteiger partial charge in [0, 0.05) is 30.9 Å². The Hall–Kier alpha value is -2.25. The molecule has 0 atom stereocenters. The number of carbonyl (C=O) groups is 1. The number of anilines is 1. The Kier molecular flexibility index (Phi) is 6.34. The SMILES string of the molecule is C=CCN(CCO)CC(=O)Nc1ccc([N+](=O)[O-])cc1. The molecule has 0 unspecified atom stereocenters. The van der Waals surface area contributed by atoms with Crippen molar-refractivity contribution in [2.45, 2.75) is 0 Å². The minimum atomic E-state index is -0.501. The molecule has 1 aromatic rings. The van der Waals surface area contributed by atoms with Gasteiger partial charge in [0.2, 0.25) is 5.91 Å². The topological polar surface area (TPSA) is 95.7 Å². The van der Waals surface area contributed by atoms with Crippen LogP contribution >= 0.6 is 0 Å². The molecule has 0 aliphatic rings. The molecule has 1 rings (SSSR count). The Morgan fingerprint density at radius 3 is 2.60 bits per heavy atom. The predicted octanol–water partition coefficient (Wildman–Crippen LogP) is 1.01. The quantitative estimate of drug-likeness (QED) is 0.420. The Morgan fingerprint density at radius 2 is 2.10 bits per heavy atom. The lowest BCUT2D eigenvalue weighted by Crippen LogP contribution is -2.35. The number of carbonyl (C=O) groups excluding carboxylic acids is 1. The van der Waals surface area contributed by atoms with E-state index in [-0.39, 0.29) is 24.7 Å². The Bertz CT molecular complexity index is 473. The van der Waals surface area contributed by atoms with Gasteiger partial charge in [0.05, 0.1) is 18.1 Å². The third-order valence-electron chi connectivity index (χ3n) is 2.53. The second kappa shape index (κ2) is 8.03. The molecular formula is C13H17N3O4. The van der Waals surface area contributed by atoms with Gasteiger partial charge in [-0.3, -0.25) is 19.8 Å². The van der Waals surface area contributed by atoms with Gasteiger partial charge in [0.15, 0.2) is 0 Å². The summed E-state index contributed by atoms with van der Waals surface area (Å²) in [5, 5.41) is 22.0. The maximum atomic E-state index is 11.8. The summed E-state index contributed by atoms with van der Waals surface area (Å²) in [5.41, 5.74) is 0.458. The van der Waals surface area contributed by atoms with Crippen molar-refractivity contribution in [3.8, 4) is 0 Å². The Labute approximate surface area is 116 Å². The number of aliphatic hydroxyl groups is 1. The first kappa shape index (κ1) is 15.8. The second-order valence-electron chi connectivity index (χ2n) is 4.10. The van der Waals surface area contributed by atoms with Crippen LogP contribution in [0.3, 0.4) is 0 Å². The molecule has 0 fully saturated rings. The first-order valence-electron chi connectivity index (χ1n) is 6.05. The Morgan fingerprint density at radius 1 is 1.45 bits per heavy atom. The van der Waals surface area contributed by atoms with Gasteiger partial charge in [-0.2, -0.15) is 0 Å². The van der Waals surface area contributed by atoms with E-state index in [1.165, 1.54) is 24.3 Å². The molecule has 20 heavy (non-hydrogen) atoms. The van der Waals surface area contributed by atoms with Crippen LogP contribution in [0.5, 0.6) is 0 Å². The molecule has 0 heterocycles. The summed E-state index contributed by atoms with van der Waals surface area (Å²) in [7, 11) is 0. The van der Waals surface area contributed by atoms with E-state index in [4.69, 9.17) is 5.11 Å². The first-order valence-corrected chi connectivity index (χ1v) is 6.05. The number of nitrogens with one attached hydrogen (secondary N) is 1. The lowest BCUT2D eigenvalue weighted by molar-refractivity contribution is -0.384. The molecule has 0 aliphatic heterocycles.